The number of pyridine rings is 1. The standard InChI is InChI=1S/C27H25ClF6N4O2/c28-15-9-19(29)18(13-40-16-11-26(30,31)12-16)20(10-15)38-7-5-25(6-8-38)24(39)36-23(37-25)17-3-4-21(27(32,33)34)35-22(17)14-1-2-14/h3-4,9-10,14,16H,1-2,5-8,11-13H2,(H,36,37,39). The van der Waals surface area contributed by atoms with Crippen LogP contribution < -0.4 is 10.2 Å². The lowest BCUT2D eigenvalue weighted by Crippen LogP contribution is -2.49. The zero-order valence-corrected chi connectivity index (χ0v) is 21.9. The summed E-state index contributed by atoms with van der Waals surface area (Å²) in [5.41, 5.74) is -0.781. The van der Waals surface area contributed by atoms with E-state index in [0.29, 0.717) is 37.2 Å². The lowest BCUT2D eigenvalue weighted by atomic mass is 9.87. The molecular weight excluding hydrogens is 562 g/mol. The second-order valence-corrected chi connectivity index (χ2v) is 11.4. The van der Waals surface area contributed by atoms with E-state index in [1.165, 1.54) is 6.07 Å². The number of aromatic nitrogens is 1. The highest BCUT2D eigenvalue weighted by Crippen LogP contribution is 2.44. The summed E-state index contributed by atoms with van der Waals surface area (Å²) in [5.74, 6) is -3.63. The molecule has 6 nitrogen and oxygen atoms in total. The second-order valence-electron chi connectivity index (χ2n) is 10.9. The maximum Gasteiger partial charge on any atom is 0.433 e. The van der Waals surface area contributed by atoms with E-state index in [4.69, 9.17) is 16.3 Å². The fourth-order valence-corrected chi connectivity index (χ4v) is 5.74. The minimum absolute atomic E-state index is 0.111. The molecule has 1 aromatic carbocycles. The number of nitrogens with zero attached hydrogens (tertiary/aromatic N) is 3. The van der Waals surface area contributed by atoms with Crippen LogP contribution >= 0.6 is 11.6 Å². The van der Waals surface area contributed by atoms with Crippen molar-refractivity contribution in [3.8, 4) is 0 Å². The van der Waals surface area contributed by atoms with Gasteiger partial charge >= 0.3 is 6.18 Å². The van der Waals surface area contributed by atoms with Crippen LogP contribution in [0.15, 0.2) is 29.3 Å². The fraction of sp³-hybridized carbons (Fsp3) is 0.519. The molecule has 0 unspecified atom stereocenters. The largest absolute Gasteiger partial charge is 0.433 e. The molecule has 2 aliphatic carbocycles. The Hall–Kier alpha value is -2.86. The van der Waals surface area contributed by atoms with Crippen LogP contribution in [0.4, 0.5) is 32.0 Å². The van der Waals surface area contributed by atoms with Crippen LogP contribution in [-0.4, -0.2) is 47.4 Å². The van der Waals surface area contributed by atoms with Crippen molar-refractivity contribution in [3.05, 3.63) is 57.6 Å². The average molecular weight is 587 g/mol. The number of aliphatic imine (C=N–C) groups is 1. The number of carbonyl (C=O) groups is 1. The first kappa shape index (κ1) is 27.3. The summed E-state index contributed by atoms with van der Waals surface area (Å²) in [6.07, 6.45) is -4.09. The van der Waals surface area contributed by atoms with E-state index in [0.717, 1.165) is 12.1 Å². The lowest BCUT2D eigenvalue weighted by molar-refractivity contribution is -0.169. The maximum atomic E-state index is 14.9. The van der Waals surface area contributed by atoms with Crippen molar-refractivity contribution in [1.29, 1.82) is 0 Å². The Bertz CT molecular complexity index is 1380. The highest BCUT2D eigenvalue weighted by molar-refractivity contribution is 6.30. The quantitative estimate of drug-likeness (QED) is 0.422. The molecule has 214 valence electrons. The third kappa shape index (κ3) is 5.15. The lowest BCUT2D eigenvalue weighted by Gasteiger charge is -2.38. The molecule has 2 aliphatic heterocycles. The number of carbonyl (C=O) groups excluding carboxylic acids is 1. The molecule has 2 aromatic rings. The van der Waals surface area contributed by atoms with Crippen molar-refractivity contribution in [2.75, 3.05) is 18.0 Å². The number of ether oxygens (including phenoxy) is 1. The van der Waals surface area contributed by atoms with Gasteiger partial charge in [0.15, 0.2) is 0 Å². The molecule has 1 aromatic heterocycles. The normalized spacial score (nSPS) is 22.3. The molecule has 0 bridgehead atoms. The van der Waals surface area contributed by atoms with Crippen molar-refractivity contribution in [3.63, 3.8) is 0 Å². The zero-order valence-electron chi connectivity index (χ0n) is 21.1. The number of rotatable bonds is 6. The predicted octanol–water partition coefficient (Wildman–Crippen LogP) is 6.00. The number of nitrogens with one attached hydrogen (secondary N) is 1. The van der Waals surface area contributed by atoms with E-state index in [1.54, 1.807) is 6.07 Å². The number of piperidine rings is 1. The van der Waals surface area contributed by atoms with Gasteiger partial charge in [-0.15, -0.1) is 0 Å². The van der Waals surface area contributed by atoms with Gasteiger partial charge in [0, 0.05) is 53.7 Å². The molecule has 13 heteroatoms. The Kier molecular flexibility index (Phi) is 6.56. The monoisotopic (exact) mass is 586 g/mol. The summed E-state index contributed by atoms with van der Waals surface area (Å²) in [4.78, 5) is 23.5. The van der Waals surface area contributed by atoms with Crippen LogP contribution in [0, 0.1) is 5.82 Å². The first-order valence-corrected chi connectivity index (χ1v) is 13.4. The Morgan fingerprint density at radius 3 is 2.45 bits per heavy atom. The summed E-state index contributed by atoms with van der Waals surface area (Å²) < 4.78 is 86.6. The minimum atomic E-state index is -4.58. The highest BCUT2D eigenvalue weighted by atomic mass is 35.5. The van der Waals surface area contributed by atoms with Crippen LogP contribution in [0.25, 0.3) is 0 Å². The number of halogens is 7. The number of amidine groups is 1. The van der Waals surface area contributed by atoms with Crippen LogP contribution in [-0.2, 0) is 22.3 Å². The van der Waals surface area contributed by atoms with Crippen LogP contribution in [0.1, 0.15) is 67.0 Å². The average Bonchev–Trinajstić information content (AvgIpc) is 3.66. The molecule has 2 saturated carbocycles. The van der Waals surface area contributed by atoms with Crippen molar-refractivity contribution in [2.45, 2.75) is 74.8 Å². The minimum Gasteiger partial charge on any atom is -0.373 e. The molecular formula is C27H25ClF6N4O2. The van der Waals surface area contributed by atoms with E-state index in [9.17, 15) is 31.1 Å². The molecule has 6 rings (SSSR count). The third-order valence-electron chi connectivity index (χ3n) is 8.00. The second kappa shape index (κ2) is 9.61. The predicted molar refractivity (Wildman–Crippen MR) is 134 cm³/mol. The van der Waals surface area contributed by atoms with Crippen molar-refractivity contribution in [1.82, 2.24) is 10.3 Å². The maximum absolute atomic E-state index is 14.9. The van der Waals surface area contributed by atoms with Gasteiger partial charge in [0.25, 0.3) is 11.8 Å². The Morgan fingerprint density at radius 2 is 1.82 bits per heavy atom. The van der Waals surface area contributed by atoms with Gasteiger partial charge in [-0.25, -0.2) is 18.2 Å². The number of hydrogen-bond acceptors (Lipinski definition) is 5. The topological polar surface area (TPSA) is 66.8 Å². The summed E-state index contributed by atoms with van der Waals surface area (Å²) in [6.45, 7) is 0.410. The van der Waals surface area contributed by atoms with Crippen molar-refractivity contribution >= 4 is 29.0 Å². The fourth-order valence-electron chi connectivity index (χ4n) is 5.54. The van der Waals surface area contributed by atoms with Crippen molar-refractivity contribution in [2.24, 2.45) is 4.99 Å². The molecule has 1 N–H and O–H groups in total. The van der Waals surface area contributed by atoms with Gasteiger partial charge in [-0.1, -0.05) is 11.6 Å². The molecule has 0 atom stereocenters. The van der Waals surface area contributed by atoms with E-state index in [2.05, 4.69) is 15.3 Å². The highest BCUT2D eigenvalue weighted by Gasteiger charge is 2.48. The van der Waals surface area contributed by atoms with Crippen LogP contribution in [0.5, 0.6) is 0 Å². The van der Waals surface area contributed by atoms with Gasteiger partial charge in [-0.2, -0.15) is 13.2 Å². The first-order valence-electron chi connectivity index (χ1n) is 13.1. The number of benzene rings is 1. The van der Waals surface area contributed by atoms with E-state index in [-0.39, 0.29) is 53.4 Å². The van der Waals surface area contributed by atoms with E-state index in [1.807, 2.05) is 4.90 Å². The van der Waals surface area contributed by atoms with E-state index >= 15 is 0 Å². The van der Waals surface area contributed by atoms with E-state index < -0.39 is 48.1 Å². The molecule has 0 radical (unpaired) electrons. The van der Waals surface area contributed by atoms with Gasteiger partial charge in [0.05, 0.1) is 18.4 Å². The molecule has 1 saturated heterocycles. The van der Waals surface area contributed by atoms with Gasteiger partial charge in [-0.3, -0.25) is 9.79 Å². The Morgan fingerprint density at radius 1 is 1.12 bits per heavy atom. The van der Waals surface area contributed by atoms with Crippen LogP contribution in [0.3, 0.4) is 0 Å². The number of amides is 1. The van der Waals surface area contributed by atoms with Gasteiger partial charge < -0.3 is 15.0 Å². The number of anilines is 1. The zero-order chi connectivity index (χ0) is 28.4. The molecule has 1 spiro atoms. The first-order chi connectivity index (χ1) is 18.8. The Balaban J connectivity index is 1.21. The summed E-state index contributed by atoms with van der Waals surface area (Å²) in [5, 5.41) is 2.92. The van der Waals surface area contributed by atoms with Crippen LogP contribution in [0.2, 0.25) is 5.02 Å². The smallest absolute Gasteiger partial charge is 0.373 e. The Labute approximate surface area is 230 Å². The summed E-state index contributed by atoms with van der Waals surface area (Å²) >= 11 is 6.13. The molecule has 1 amide bonds. The summed E-state index contributed by atoms with van der Waals surface area (Å²) in [6, 6.07) is 4.93. The van der Waals surface area contributed by atoms with Gasteiger partial charge in [0.2, 0.25) is 0 Å². The summed E-state index contributed by atoms with van der Waals surface area (Å²) in [7, 11) is 0. The number of alkyl halides is 5. The molecule has 3 fully saturated rings. The van der Waals surface area contributed by atoms with Gasteiger partial charge in [-0.05, 0) is 49.9 Å². The molecule has 3 heterocycles. The third-order valence-corrected chi connectivity index (χ3v) is 8.22. The van der Waals surface area contributed by atoms with Gasteiger partial charge in [0.1, 0.15) is 22.9 Å². The molecule has 4 aliphatic rings. The van der Waals surface area contributed by atoms with Crippen molar-refractivity contribution < 1.29 is 35.9 Å². The number of hydrogen-bond donors (Lipinski definition) is 1. The molecule has 40 heavy (non-hydrogen) atoms. The SMILES string of the molecule is O=C1NC(c2ccc(C(F)(F)F)nc2C2CC2)=NC12CCN(c1cc(Cl)cc(F)c1COC1CC(F)(F)C1)CC2.